The second-order valence-corrected chi connectivity index (χ2v) is 9.01. The molecule has 0 aromatic heterocycles. The van der Waals surface area contributed by atoms with Gasteiger partial charge in [-0.25, -0.2) is 13.1 Å². The SMILES string of the molecule is CS(=O)(=O)NCC(=O)NCC1CC2c3ccccc3C1c1ccccc12. The monoisotopic (exact) mass is 370 g/mol. The van der Waals surface area contributed by atoms with Crippen LogP contribution in [-0.2, 0) is 14.8 Å². The van der Waals surface area contributed by atoms with Crippen molar-refractivity contribution >= 4 is 15.9 Å². The molecule has 26 heavy (non-hydrogen) atoms. The minimum Gasteiger partial charge on any atom is -0.355 e. The van der Waals surface area contributed by atoms with Gasteiger partial charge in [-0.15, -0.1) is 0 Å². The van der Waals surface area contributed by atoms with E-state index in [-0.39, 0.29) is 18.4 Å². The Morgan fingerprint density at radius 3 is 2.08 bits per heavy atom. The fourth-order valence-electron chi connectivity index (χ4n) is 4.46. The predicted molar refractivity (Wildman–Crippen MR) is 101 cm³/mol. The zero-order valence-corrected chi connectivity index (χ0v) is 15.4. The van der Waals surface area contributed by atoms with E-state index < -0.39 is 10.0 Å². The summed E-state index contributed by atoms with van der Waals surface area (Å²) in [5.74, 6) is 0.657. The average molecular weight is 370 g/mol. The molecule has 2 aromatic rings. The molecule has 0 fully saturated rings. The second kappa shape index (κ2) is 6.52. The van der Waals surface area contributed by atoms with Gasteiger partial charge in [0.2, 0.25) is 15.9 Å². The number of benzene rings is 2. The highest BCUT2D eigenvalue weighted by Crippen LogP contribution is 2.54. The predicted octanol–water partition coefficient (Wildman–Crippen LogP) is 1.95. The van der Waals surface area contributed by atoms with Gasteiger partial charge in [-0.3, -0.25) is 4.79 Å². The van der Waals surface area contributed by atoms with Gasteiger partial charge in [0.05, 0.1) is 12.8 Å². The minimum atomic E-state index is -3.36. The van der Waals surface area contributed by atoms with Gasteiger partial charge in [0.1, 0.15) is 0 Å². The fraction of sp³-hybridized carbons (Fsp3) is 0.350. The van der Waals surface area contributed by atoms with Crippen LogP contribution in [0.25, 0.3) is 0 Å². The largest absolute Gasteiger partial charge is 0.355 e. The van der Waals surface area contributed by atoms with Gasteiger partial charge < -0.3 is 5.32 Å². The lowest BCUT2D eigenvalue weighted by molar-refractivity contribution is -0.120. The summed E-state index contributed by atoms with van der Waals surface area (Å²) in [6, 6.07) is 17.2. The molecule has 5 rings (SSSR count). The molecule has 2 N–H and O–H groups in total. The number of nitrogens with one attached hydrogen (secondary N) is 2. The van der Waals surface area contributed by atoms with Gasteiger partial charge in [0.25, 0.3) is 0 Å². The van der Waals surface area contributed by atoms with Gasteiger partial charge >= 0.3 is 0 Å². The van der Waals surface area contributed by atoms with E-state index in [1.807, 2.05) is 0 Å². The fourth-order valence-corrected chi connectivity index (χ4v) is 4.86. The third kappa shape index (κ3) is 3.15. The molecule has 0 saturated heterocycles. The van der Waals surface area contributed by atoms with Crippen LogP contribution in [0.5, 0.6) is 0 Å². The smallest absolute Gasteiger partial charge is 0.235 e. The molecule has 0 spiro atoms. The van der Waals surface area contributed by atoms with Gasteiger partial charge in [0.15, 0.2) is 0 Å². The number of carbonyl (C=O) groups is 1. The number of sulfonamides is 1. The second-order valence-electron chi connectivity index (χ2n) is 7.18. The number of carbonyl (C=O) groups excluding carboxylic acids is 1. The molecule has 2 aromatic carbocycles. The van der Waals surface area contributed by atoms with Crippen molar-refractivity contribution in [3.05, 3.63) is 70.8 Å². The van der Waals surface area contributed by atoms with E-state index in [2.05, 4.69) is 58.6 Å². The quantitative estimate of drug-likeness (QED) is 0.845. The maximum absolute atomic E-state index is 12.0. The molecule has 3 aliphatic carbocycles. The van der Waals surface area contributed by atoms with E-state index in [0.29, 0.717) is 18.4 Å². The lowest BCUT2D eigenvalue weighted by Gasteiger charge is -2.45. The third-order valence-electron chi connectivity index (χ3n) is 5.48. The Morgan fingerprint density at radius 1 is 1.00 bits per heavy atom. The van der Waals surface area contributed by atoms with Crippen LogP contribution in [0.4, 0.5) is 0 Å². The minimum absolute atomic E-state index is 0.215. The van der Waals surface area contributed by atoms with Gasteiger partial charge in [-0.1, -0.05) is 48.5 Å². The summed E-state index contributed by atoms with van der Waals surface area (Å²) >= 11 is 0. The van der Waals surface area contributed by atoms with Crippen molar-refractivity contribution in [1.29, 1.82) is 0 Å². The Morgan fingerprint density at radius 2 is 1.54 bits per heavy atom. The molecule has 0 heterocycles. The molecule has 0 saturated carbocycles. The molecule has 0 radical (unpaired) electrons. The zero-order chi connectivity index (χ0) is 18.3. The zero-order valence-electron chi connectivity index (χ0n) is 14.6. The van der Waals surface area contributed by atoms with Crippen molar-refractivity contribution in [2.75, 3.05) is 19.3 Å². The standard InChI is InChI=1S/C20H22N2O3S/c1-26(24,25)22-12-19(23)21-11-13-10-18-14-6-2-4-8-16(14)20(13)17-9-5-3-7-15(17)18/h2-9,13,18,20,22H,10-12H2,1H3,(H,21,23). The maximum Gasteiger partial charge on any atom is 0.235 e. The molecule has 6 heteroatoms. The van der Waals surface area contributed by atoms with Crippen LogP contribution in [0, 0.1) is 5.92 Å². The number of hydrogen-bond acceptors (Lipinski definition) is 3. The van der Waals surface area contributed by atoms with E-state index in [1.54, 1.807) is 0 Å². The summed E-state index contributed by atoms with van der Waals surface area (Å²) in [7, 11) is -3.36. The highest BCUT2D eigenvalue weighted by Gasteiger charge is 2.42. The summed E-state index contributed by atoms with van der Waals surface area (Å²) in [5, 5.41) is 2.91. The topological polar surface area (TPSA) is 75.3 Å². The first kappa shape index (κ1) is 17.2. The Balaban J connectivity index is 1.54. The average Bonchev–Trinajstić information content (AvgIpc) is 2.64. The number of hydrogen-bond donors (Lipinski definition) is 2. The van der Waals surface area contributed by atoms with Crippen LogP contribution in [-0.4, -0.2) is 33.7 Å². The van der Waals surface area contributed by atoms with Crippen LogP contribution in [0.2, 0.25) is 0 Å². The normalized spacial score (nSPS) is 23.2. The summed E-state index contributed by atoms with van der Waals surface area (Å²) in [6.45, 7) is 0.334. The van der Waals surface area contributed by atoms with E-state index in [4.69, 9.17) is 0 Å². The summed E-state index contributed by atoms with van der Waals surface area (Å²) in [4.78, 5) is 12.0. The van der Waals surface area contributed by atoms with Crippen LogP contribution in [0.3, 0.4) is 0 Å². The van der Waals surface area contributed by atoms with Crippen molar-refractivity contribution < 1.29 is 13.2 Å². The maximum atomic E-state index is 12.0. The highest BCUT2D eigenvalue weighted by molar-refractivity contribution is 7.88. The van der Waals surface area contributed by atoms with Crippen LogP contribution < -0.4 is 10.0 Å². The van der Waals surface area contributed by atoms with E-state index in [9.17, 15) is 13.2 Å². The Bertz CT molecular complexity index is 908. The number of fused-ring (bicyclic) bond motifs is 1. The van der Waals surface area contributed by atoms with Crippen LogP contribution in [0.1, 0.15) is 40.5 Å². The first-order valence-electron chi connectivity index (χ1n) is 8.83. The van der Waals surface area contributed by atoms with Crippen LogP contribution in [0.15, 0.2) is 48.5 Å². The van der Waals surface area contributed by atoms with Crippen molar-refractivity contribution in [1.82, 2.24) is 10.0 Å². The molecular formula is C20H22N2O3S. The highest BCUT2D eigenvalue weighted by atomic mass is 32.2. The Labute approximate surface area is 153 Å². The lowest BCUT2D eigenvalue weighted by atomic mass is 9.59. The molecule has 1 amide bonds. The van der Waals surface area contributed by atoms with Crippen LogP contribution >= 0.6 is 0 Å². The Kier molecular flexibility index (Phi) is 4.32. The van der Waals surface area contributed by atoms with Crippen molar-refractivity contribution in [2.45, 2.75) is 18.3 Å². The molecule has 5 nitrogen and oxygen atoms in total. The van der Waals surface area contributed by atoms with Crippen molar-refractivity contribution in [3.63, 3.8) is 0 Å². The summed E-state index contributed by atoms with van der Waals surface area (Å²) in [6.07, 6.45) is 2.05. The molecule has 0 aliphatic heterocycles. The molecular weight excluding hydrogens is 348 g/mol. The van der Waals surface area contributed by atoms with Gasteiger partial charge in [-0.2, -0.15) is 0 Å². The number of amides is 1. The molecule has 1 atom stereocenters. The van der Waals surface area contributed by atoms with Gasteiger partial charge in [0, 0.05) is 18.4 Å². The molecule has 136 valence electrons. The van der Waals surface area contributed by atoms with E-state index >= 15 is 0 Å². The van der Waals surface area contributed by atoms with E-state index in [1.165, 1.54) is 22.3 Å². The van der Waals surface area contributed by atoms with E-state index in [0.717, 1.165) is 12.7 Å². The lowest BCUT2D eigenvalue weighted by Crippen LogP contribution is -2.42. The first-order valence-corrected chi connectivity index (χ1v) is 10.7. The van der Waals surface area contributed by atoms with Crippen molar-refractivity contribution in [3.8, 4) is 0 Å². The summed E-state index contributed by atoms with van der Waals surface area (Å²) < 4.78 is 24.5. The molecule has 3 aliphatic rings. The molecule has 2 bridgehead atoms. The van der Waals surface area contributed by atoms with Crippen molar-refractivity contribution in [2.24, 2.45) is 5.92 Å². The Hall–Kier alpha value is -2.18. The summed E-state index contributed by atoms with van der Waals surface area (Å²) in [5.41, 5.74) is 5.52. The first-order chi connectivity index (χ1) is 12.4. The number of rotatable bonds is 5. The molecule has 1 unspecified atom stereocenters. The van der Waals surface area contributed by atoms with Gasteiger partial charge in [-0.05, 0) is 34.6 Å². The third-order valence-corrected chi connectivity index (χ3v) is 6.15.